The van der Waals surface area contributed by atoms with Gasteiger partial charge in [0.1, 0.15) is 5.82 Å². The molecule has 0 atom stereocenters. The predicted molar refractivity (Wildman–Crippen MR) is 62.7 cm³/mol. The highest BCUT2D eigenvalue weighted by Gasteiger charge is 2.01. The minimum absolute atomic E-state index is 0.564. The number of nitrogens with one attached hydrogen (secondary N) is 1. The Kier molecular flexibility index (Phi) is 2.95. The van der Waals surface area contributed by atoms with E-state index < -0.39 is 0 Å². The number of anilines is 2. The van der Waals surface area contributed by atoms with Gasteiger partial charge in [0, 0.05) is 12.4 Å². The Bertz CT molecular complexity index is 469. The highest BCUT2D eigenvalue weighted by Crippen LogP contribution is 2.16. The van der Waals surface area contributed by atoms with Crippen LogP contribution < -0.4 is 11.1 Å². The minimum Gasteiger partial charge on any atom is -0.396 e. The molecule has 0 saturated heterocycles. The highest BCUT2D eigenvalue weighted by molar-refractivity contribution is 5.61. The quantitative estimate of drug-likeness (QED) is 0.808. The van der Waals surface area contributed by atoms with Crippen LogP contribution in [0.5, 0.6) is 0 Å². The van der Waals surface area contributed by atoms with Crippen molar-refractivity contribution in [1.82, 2.24) is 15.2 Å². The molecule has 3 N–H and O–H groups in total. The molecule has 0 radical (unpaired) electrons. The lowest BCUT2D eigenvalue weighted by Crippen LogP contribution is -2.06. The third-order valence-electron chi connectivity index (χ3n) is 2.12. The van der Waals surface area contributed by atoms with Crippen molar-refractivity contribution in [2.75, 3.05) is 11.1 Å². The normalized spacial score (nSPS) is 10.1. The number of rotatable bonds is 3. The summed E-state index contributed by atoms with van der Waals surface area (Å²) in [7, 11) is 0. The lowest BCUT2D eigenvalue weighted by Gasteiger charge is -2.07. The van der Waals surface area contributed by atoms with E-state index in [4.69, 9.17) is 5.73 Å². The Hall–Kier alpha value is -2.17. The number of nitrogen functional groups attached to an aromatic ring is 1. The van der Waals surface area contributed by atoms with E-state index >= 15 is 0 Å². The van der Waals surface area contributed by atoms with Crippen molar-refractivity contribution in [1.29, 1.82) is 0 Å². The third kappa shape index (κ3) is 2.44. The van der Waals surface area contributed by atoms with Gasteiger partial charge in [-0.3, -0.25) is 0 Å². The van der Waals surface area contributed by atoms with E-state index in [1.165, 1.54) is 0 Å². The second kappa shape index (κ2) is 4.57. The fourth-order valence-corrected chi connectivity index (χ4v) is 1.34. The first kappa shape index (κ1) is 10.4. The highest BCUT2D eigenvalue weighted by atomic mass is 15.1. The average molecular weight is 215 g/mol. The molecule has 2 rings (SSSR count). The maximum Gasteiger partial charge on any atom is 0.149 e. The standard InChI is InChI=1S/C11H13N5/c1-8-5-10(12)11(13-6-8)14-7-9-3-2-4-15-16-9/h2-6H,7,12H2,1H3,(H,13,14). The molecule has 0 aliphatic heterocycles. The van der Waals surface area contributed by atoms with E-state index in [1.807, 2.05) is 25.1 Å². The van der Waals surface area contributed by atoms with Crippen LogP contribution >= 0.6 is 0 Å². The zero-order valence-electron chi connectivity index (χ0n) is 9.01. The van der Waals surface area contributed by atoms with Crippen LogP contribution in [0.15, 0.2) is 30.6 Å². The van der Waals surface area contributed by atoms with Gasteiger partial charge in [0.2, 0.25) is 0 Å². The lowest BCUT2D eigenvalue weighted by molar-refractivity contribution is 0.921. The molecule has 0 spiro atoms. The van der Waals surface area contributed by atoms with Crippen LogP contribution in [0.25, 0.3) is 0 Å². The van der Waals surface area contributed by atoms with E-state index in [0.717, 1.165) is 11.3 Å². The molecule has 2 aromatic rings. The van der Waals surface area contributed by atoms with Crippen LogP contribution in [0.1, 0.15) is 11.3 Å². The zero-order chi connectivity index (χ0) is 11.4. The number of nitrogens with zero attached hydrogens (tertiary/aromatic N) is 3. The van der Waals surface area contributed by atoms with Crippen molar-refractivity contribution < 1.29 is 0 Å². The van der Waals surface area contributed by atoms with Crippen LogP contribution in [0.4, 0.5) is 11.5 Å². The summed E-state index contributed by atoms with van der Waals surface area (Å²) < 4.78 is 0. The molecule has 0 fully saturated rings. The molecule has 0 bridgehead atoms. The van der Waals surface area contributed by atoms with Crippen molar-refractivity contribution in [3.63, 3.8) is 0 Å². The smallest absolute Gasteiger partial charge is 0.149 e. The van der Waals surface area contributed by atoms with E-state index in [-0.39, 0.29) is 0 Å². The molecular formula is C11H13N5. The summed E-state index contributed by atoms with van der Waals surface area (Å²) in [6.07, 6.45) is 3.41. The van der Waals surface area contributed by atoms with Crippen LogP contribution in [0.3, 0.4) is 0 Å². The maximum absolute atomic E-state index is 5.82. The molecule has 82 valence electrons. The fourth-order valence-electron chi connectivity index (χ4n) is 1.34. The van der Waals surface area contributed by atoms with E-state index in [2.05, 4.69) is 20.5 Å². The minimum atomic E-state index is 0.564. The molecule has 0 unspecified atom stereocenters. The van der Waals surface area contributed by atoms with Crippen molar-refractivity contribution >= 4 is 11.5 Å². The Balaban J connectivity index is 2.05. The number of nitrogens with two attached hydrogens (primary N) is 1. The molecule has 0 amide bonds. The summed E-state index contributed by atoms with van der Waals surface area (Å²) in [6.45, 7) is 2.52. The SMILES string of the molecule is Cc1cnc(NCc2cccnn2)c(N)c1. The number of hydrogen-bond acceptors (Lipinski definition) is 5. The van der Waals surface area contributed by atoms with Gasteiger partial charge in [-0.1, -0.05) is 0 Å². The Labute approximate surface area is 93.7 Å². The Morgan fingerprint density at radius 2 is 2.31 bits per heavy atom. The van der Waals surface area contributed by atoms with Gasteiger partial charge >= 0.3 is 0 Å². The van der Waals surface area contributed by atoms with E-state index in [0.29, 0.717) is 18.1 Å². The summed E-state index contributed by atoms with van der Waals surface area (Å²) >= 11 is 0. The largest absolute Gasteiger partial charge is 0.396 e. The van der Waals surface area contributed by atoms with E-state index in [9.17, 15) is 0 Å². The molecule has 2 heterocycles. The average Bonchev–Trinajstić information content (AvgIpc) is 2.29. The van der Waals surface area contributed by atoms with Gasteiger partial charge in [0.25, 0.3) is 0 Å². The molecule has 16 heavy (non-hydrogen) atoms. The number of aryl methyl sites for hydroxylation is 1. The molecule has 0 saturated carbocycles. The summed E-state index contributed by atoms with van der Waals surface area (Å²) in [4.78, 5) is 4.21. The van der Waals surface area contributed by atoms with Crippen molar-refractivity contribution in [2.45, 2.75) is 13.5 Å². The molecule has 0 aliphatic rings. The van der Waals surface area contributed by atoms with Crippen molar-refractivity contribution in [3.05, 3.63) is 41.9 Å². The van der Waals surface area contributed by atoms with Gasteiger partial charge in [0.05, 0.1) is 17.9 Å². The topological polar surface area (TPSA) is 76.7 Å². The fraction of sp³-hybridized carbons (Fsp3) is 0.182. The van der Waals surface area contributed by atoms with Gasteiger partial charge in [-0.15, -0.1) is 0 Å². The summed E-state index contributed by atoms with van der Waals surface area (Å²) in [5, 5.41) is 10.9. The molecule has 5 heteroatoms. The number of aromatic nitrogens is 3. The first-order chi connectivity index (χ1) is 7.75. The van der Waals surface area contributed by atoms with Gasteiger partial charge in [-0.2, -0.15) is 10.2 Å². The molecule has 0 aromatic carbocycles. The Morgan fingerprint density at radius 1 is 1.44 bits per heavy atom. The Morgan fingerprint density at radius 3 is 3.00 bits per heavy atom. The van der Waals surface area contributed by atoms with Crippen molar-refractivity contribution in [3.8, 4) is 0 Å². The first-order valence-electron chi connectivity index (χ1n) is 4.98. The molecule has 0 aliphatic carbocycles. The predicted octanol–water partition coefficient (Wildman–Crippen LogP) is 1.37. The molecular weight excluding hydrogens is 202 g/mol. The third-order valence-corrected chi connectivity index (χ3v) is 2.12. The first-order valence-corrected chi connectivity index (χ1v) is 4.98. The van der Waals surface area contributed by atoms with Gasteiger partial charge in [-0.05, 0) is 30.7 Å². The second-order valence-corrected chi connectivity index (χ2v) is 3.52. The van der Waals surface area contributed by atoms with Gasteiger partial charge in [-0.25, -0.2) is 4.98 Å². The summed E-state index contributed by atoms with van der Waals surface area (Å²) in [5.41, 5.74) is 8.36. The lowest BCUT2D eigenvalue weighted by atomic mass is 10.3. The summed E-state index contributed by atoms with van der Waals surface area (Å²) in [5.74, 6) is 0.677. The van der Waals surface area contributed by atoms with Crippen LogP contribution in [0, 0.1) is 6.92 Å². The van der Waals surface area contributed by atoms with Crippen LogP contribution in [0.2, 0.25) is 0 Å². The maximum atomic E-state index is 5.82. The van der Waals surface area contributed by atoms with Gasteiger partial charge in [0.15, 0.2) is 0 Å². The number of hydrogen-bond donors (Lipinski definition) is 2. The van der Waals surface area contributed by atoms with Crippen molar-refractivity contribution in [2.24, 2.45) is 0 Å². The van der Waals surface area contributed by atoms with Crippen LogP contribution in [-0.4, -0.2) is 15.2 Å². The second-order valence-electron chi connectivity index (χ2n) is 3.52. The zero-order valence-corrected chi connectivity index (χ0v) is 9.01. The number of pyridine rings is 1. The molecule has 2 aromatic heterocycles. The molecule has 5 nitrogen and oxygen atoms in total. The summed E-state index contributed by atoms with van der Waals surface area (Å²) in [6, 6.07) is 5.62. The van der Waals surface area contributed by atoms with E-state index in [1.54, 1.807) is 12.4 Å². The monoisotopic (exact) mass is 215 g/mol. The van der Waals surface area contributed by atoms with Crippen LogP contribution in [-0.2, 0) is 6.54 Å². The van der Waals surface area contributed by atoms with Gasteiger partial charge < -0.3 is 11.1 Å².